The van der Waals surface area contributed by atoms with Crippen LogP contribution in [0.1, 0.15) is 32.4 Å². The zero-order valence-electron chi connectivity index (χ0n) is 11.3. The Morgan fingerprint density at radius 3 is 2.68 bits per heavy atom. The van der Waals surface area contributed by atoms with Crippen molar-refractivity contribution in [2.75, 3.05) is 0 Å². The van der Waals surface area contributed by atoms with E-state index in [0.717, 1.165) is 5.69 Å². The number of carboxylic acid groups (broad SMARTS) is 1. The lowest BCUT2D eigenvalue weighted by molar-refractivity contribution is -0.143. The number of rotatable bonds is 7. The van der Waals surface area contributed by atoms with E-state index in [2.05, 4.69) is 10.3 Å². The fourth-order valence-corrected chi connectivity index (χ4v) is 1.72. The van der Waals surface area contributed by atoms with Crippen LogP contribution >= 0.6 is 0 Å². The minimum Gasteiger partial charge on any atom is -0.480 e. The average Bonchev–Trinajstić information content (AvgIpc) is 2.42. The van der Waals surface area contributed by atoms with E-state index >= 15 is 0 Å². The maximum Gasteiger partial charge on any atom is 0.326 e. The lowest BCUT2D eigenvalue weighted by atomic mass is 9.99. The van der Waals surface area contributed by atoms with Gasteiger partial charge in [0, 0.05) is 18.3 Å². The molecule has 1 amide bonds. The summed E-state index contributed by atoms with van der Waals surface area (Å²) in [5, 5.41) is 11.7. The van der Waals surface area contributed by atoms with Crippen LogP contribution in [0, 0.1) is 5.92 Å². The summed E-state index contributed by atoms with van der Waals surface area (Å²) in [6.45, 7) is 3.72. The predicted octanol–water partition coefficient (Wildman–Crippen LogP) is 1.63. The Balaban J connectivity index is 2.47. The summed E-state index contributed by atoms with van der Waals surface area (Å²) in [4.78, 5) is 27.0. The molecule has 0 saturated heterocycles. The van der Waals surface area contributed by atoms with Gasteiger partial charge in [-0.05, 0) is 24.5 Å². The molecule has 0 aromatic carbocycles. The number of aryl methyl sites for hydroxylation is 1. The molecule has 1 heterocycles. The molecule has 1 rings (SSSR count). The Labute approximate surface area is 113 Å². The van der Waals surface area contributed by atoms with Crippen LogP contribution in [-0.2, 0) is 16.0 Å². The van der Waals surface area contributed by atoms with Crippen molar-refractivity contribution in [3.8, 4) is 0 Å². The van der Waals surface area contributed by atoms with Gasteiger partial charge < -0.3 is 10.4 Å². The molecule has 1 aromatic rings. The Morgan fingerprint density at radius 2 is 2.16 bits per heavy atom. The number of nitrogens with one attached hydrogen (secondary N) is 1. The van der Waals surface area contributed by atoms with Crippen LogP contribution in [0.25, 0.3) is 0 Å². The van der Waals surface area contributed by atoms with Gasteiger partial charge in [0.05, 0.1) is 0 Å². The molecule has 1 aromatic heterocycles. The van der Waals surface area contributed by atoms with E-state index in [0.29, 0.717) is 12.8 Å². The number of carbonyl (C=O) groups excluding carboxylic acids is 1. The lowest BCUT2D eigenvalue weighted by Gasteiger charge is -2.20. The first-order chi connectivity index (χ1) is 9.04. The second-order valence-corrected chi connectivity index (χ2v) is 4.59. The number of amides is 1. The van der Waals surface area contributed by atoms with Crippen molar-refractivity contribution in [2.24, 2.45) is 5.92 Å². The van der Waals surface area contributed by atoms with E-state index in [1.165, 1.54) is 0 Å². The summed E-state index contributed by atoms with van der Waals surface area (Å²) in [6.07, 6.45) is 3.14. The second kappa shape index (κ2) is 7.51. The maximum atomic E-state index is 11.7. The fraction of sp³-hybridized carbons (Fsp3) is 0.500. The fourth-order valence-electron chi connectivity index (χ4n) is 1.72. The van der Waals surface area contributed by atoms with Gasteiger partial charge in [-0.2, -0.15) is 0 Å². The number of carbonyl (C=O) groups is 2. The van der Waals surface area contributed by atoms with Crippen LogP contribution in [-0.4, -0.2) is 28.0 Å². The third-order valence-electron chi connectivity index (χ3n) is 3.13. The van der Waals surface area contributed by atoms with Crippen LogP contribution in [0.15, 0.2) is 24.4 Å². The molecule has 0 saturated carbocycles. The van der Waals surface area contributed by atoms with E-state index in [1.807, 2.05) is 32.0 Å². The van der Waals surface area contributed by atoms with Gasteiger partial charge in [-0.1, -0.05) is 26.3 Å². The van der Waals surface area contributed by atoms with E-state index < -0.39 is 12.0 Å². The second-order valence-electron chi connectivity index (χ2n) is 4.59. The summed E-state index contributed by atoms with van der Waals surface area (Å²) < 4.78 is 0. The van der Waals surface area contributed by atoms with Gasteiger partial charge in [-0.15, -0.1) is 0 Å². The summed E-state index contributed by atoms with van der Waals surface area (Å²) in [5.41, 5.74) is 0.827. The molecule has 0 bridgehead atoms. The van der Waals surface area contributed by atoms with Crippen LogP contribution in [0.4, 0.5) is 0 Å². The summed E-state index contributed by atoms with van der Waals surface area (Å²) in [7, 11) is 0. The summed E-state index contributed by atoms with van der Waals surface area (Å²) in [5.74, 6) is -1.32. The molecule has 5 heteroatoms. The quantitative estimate of drug-likeness (QED) is 0.784. The molecular weight excluding hydrogens is 244 g/mol. The van der Waals surface area contributed by atoms with Gasteiger partial charge in [-0.25, -0.2) is 4.79 Å². The molecular formula is C14H20N2O3. The Hall–Kier alpha value is -1.91. The van der Waals surface area contributed by atoms with Crippen molar-refractivity contribution < 1.29 is 14.7 Å². The van der Waals surface area contributed by atoms with Crippen molar-refractivity contribution in [1.29, 1.82) is 0 Å². The first kappa shape index (κ1) is 15.1. The lowest BCUT2D eigenvalue weighted by Crippen LogP contribution is -2.45. The van der Waals surface area contributed by atoms with Crippen LogP contribution < -0.4 is 5.32 Å². The molecule has 0 aliphatic rings. The van der Waals surface area contributed by atoms with Crippen LogP contribution in [0.5, 0.6) is 0 Å². The van der Waals surface area contributed by atoms with Gasteiger partial charge >= 0.3 is 5.97 Å². The first-order valence-corrected chi connectivity index (χ1v) is 6.46. The number of hydrogen-bond acceptors (Lipinski definition) is 3. The minimum absolute atomic E-state index is 0.0868. The van der Waals surface area contributed by atoms with Crippen molar-refractivity contribution in [3.63, 3.8) is 0 Å². The molecule has 0 aliphatic carbocycles. The Morgan fingerprint density at radius 1 is 1.42 bits per heavy atom. The van der Waals surface area contributed by atoms with Crippen LogP contribution in [0.3, 0.4) is 0 Å². The molecule has 104 valence electrons. The zero-order chi connectivity index (χ0) is 14.3. The Kier molecular flexibility index (Phi) is 5.99. The number of pyridine rings is 1. The molecule has 0 aliphatic heterocycles. The Bertz CT molecular complexity index is 420. The highest BCUT2D eigenvalue weighted by Gasteiger charge is 2.24. The topological polar surface area (TPSA) is 79.3 Å². The van der Waals surface area contributed by atoms with Gasteiger partial charge in [0.2, 0.25) is 5.91 Å². The molecule has 2 atom stereocenters. The molecule has 19 heavy (non-hydrogen) atoms. The molecule has 5 nitrogen and oxygen atoms in total. The minimum atomic E-state index is -0.986. The maximum absolute atomic E-state index is 11.7. The van der Waals surface area contributed by atoms with Crippen LogP contribution in [0.2, 0.25) is 0 Å². The molecule has 2 unspecified atom stereocenters. The smallest absolute Gasteiger partial charge is 0.326 e. The SMILES string of the molecule is CCC(C)C(NC(=O)CCc1ccccn1)C(=O)O. The van der Waals surface area contributed by atoms with Crippen molar-refractivity contribution >= 4 is 11.9 Å². The number of carboxylic acids is 1. The normalized spacial score (nSPS) is 13.6. The molecule has 0 radical (unpaired) electrons. The number of hydrogen-bond donors (Lipinski definition) is 2. The van der Waals surface area contributed by atoms with Gasteiger partial charge in [0.15, 0.2) is 0 Å². The van der Waals surface area contributed by atoms with Gasteiger partial charge in [0.25, 0.3) is 0 Å². The van der Waals surface area contributed by atoms with Crippen molar-refractivity contribution in [1.82, 2.24) is 10.3 Å². The number of nitrogens with zero attached hydrogens (tertiary/aromatic N) is 1. The predicted molar refractivity (Wildman–Crippen MR) is 71.6 cm³/mol. The van der Waals surface area contributed by atoms with E-state index in [-0.39, 0.29) is 18.2 Å². The standard InChI is InChI=1S/C14H20N2O3/c1-3-10(2)13(14(18)19)16-12(17)8-7-11-6-4-5-9-15-11/h4-6,9-10,13H,3,7-8H2,1-2H3,(H,16,17)(H,18,19). The molecule has 0 fully saturated rings. The van der Waals surface area contributed by atoms with E-state index in [4.69, 9.17) is 5.11 Å². The molecule has 0 spiro atoms. The highest BCUT2D eigenvalue weighted by molar-refractivity contribution is 5.83. The average molecular weight is 264 g/mol. The van der Waals surface area contributed by atoms with Crippen molar-refractivity contribution in [3.05, 3.63) is 30.1 Å². The van der Waals surface area contributed by atoms with Gasteiger partial charge in [-0.3, -0.25) is 9.78 Å². The largest absolute Gasteiger partial charge is 0.480 e. The third-order valence-corrected chi connectivity index (χ3v) is 3.13. The number of aliphatic carboxylic acids is 1. The van der Waals surface area contributed by atoms with Gasteiger partial charge in [0.1, 0.15) is 6.04 Å². The van der Waals surface area contributed by atoms with Crippen molar-refractivity contribution in [2.45, 2.75) is 39.2 Å². The first-order valence-electron chi connectivity index (χ1n) is 6.46. The van der Waals surface area contributed by atoms with E-state index in [1.54, 1.807) is 6.20 Å². The zero-order valence-corrected chi connectivity index (χ0v) is 11.3. The number of aromatic nitrogens is 1. The summed E-state index contributed by atoms with van der Waals surface area (Å²) in [6, 6.07) is 4.70. The highest BCUT2D eigenvalue weighted by Crippen LogP contribution is 2.08. The molecule has 2 N–H and O–H groups in total. The third kappa shape index (κ3) is 5.07. The monoisotopic (exact) mass is 264 g/mol. The van der Waals surface area contributed by atoms with E-state index in [9.17, 15) is 9.59 Å². The summed E-state index contributed by atoms with van der Waals surface area (Å²) >= 11 is 0. The highest BCUT2D eigenvalue weighted by atomic mass is 16.4.